The maximum absolute atomic E-state index is 9.25. The second-order valence-electron chi connectivity index (χ2n) is 1.91. The van der Waals surface area contributed by atoms with E-state index in [0.29, 0.717) is 12.5 Å². The van der Waals surface area contributed by atoms with Crippen LogP contribution in [-0.2, 0) is 4.94 Å². The number of hydroxylamine groups is 1. The van der Waals surface area contributed by atoms with Gasteiger partial charge in [-0.15, -0.1) is 10.4 Å². The van der Waals surface area contributed by atoms with Crippen LogP contribution in [0.25, 0.3) is 0 Å². The van der Waals surface area contributed by atoms with Gasteiger partial charge in [-0.1, -0.05) is 13.8 Å². The van der Waals surface area contributed by atoms with E-state index < -0.39 is 0 Å². The summed E-state index contributed by atoms with van der Waals surface area (Å²) in [6.07, 6.45) is 0. The molecule has 0 atom stereocenters. The van der Waals surface area contributed by atoms with Crippen LogP contribution in [0.3, 0.4) is 0 Å². The highest BCUT2D eigenvalue weighted by atomic mass is 16.8. The molecule has 0 aromatic carbocycles. The second-order valence-corrected chi connectivity index (χ2v) is 1.91. The first-order valence-corrected chi connectivity index (χ1v) is 2.49. The van der Waals surface area contributed by atoms with E-state index in [1.54, 1.807) is 0 Å². The summed E-state index contributed by atoms with van der Waals surface area (Å²) in [4.78, 5) is 13.2. The van der Waals surface area contributed by atoms with Crippen molar-refractivity contribution in [2.24, 2.45) is 11.3 Å². The Bertz CT molecular complexity index is 65.1. The monoisotopic (exact) mass is 118 g/mol. The van der Waals surface area contributed by atoms with Crippen LogP contribution < -0.4 is 5.48 Å². The Morgan fingerprint density at radius 3 is 2.75 bits per heavy atom. The molecule has 48 valence electrons. The molecule has 0 aliphatic rings. The van der Waals surface area contributed by atoms with Crippen LogP contribution in [-0.4, -0.2) is 6.54 Å². The Hall–Kier alpha value is -0.640. The Morgan fingerprint density at radius 1 is 1.75 bits per heavy atom. The minimum absolute atomic E-state index is 0.469. The molecule has 4 heteroatoms. The minimum atomic E-state index is 0.469. The quantitative estimate of drug-likeness (QED) is 0.338. The van der Waals surface area contributed by atoms with Gasteiger partial charge in [-0.05, 0) is 5.92 Å². The van der Waals surface area contributed by atoms with Crippen molar-refractivity contribution < 1.29 is 4.94 Å². The van der Waals surface area contributed by atoms with Gasteiger partial charge in [0, 0.05) is 6.54 Å². The van der Waals surface area contributed by atoms with Crippen molar-refractivity contribution in [1.29, 1.82) is 0 Å². The second kappa shape index (κ2) is 4.52. The van der Waals surface area contributed by atoms with Gasteiger partial charge in [-0.3, -0.25) is 4.94 Å². The Balaban J connectivity index is 2.81. The lowest BCUT2D eigenvalue weighted by Gasteiger charge is -2.00. The van der Waals surface area contributed by atoms with Crippen molar-refractivity contribution in [3.63, 3.8) is 0 Å². The van der Waals surface area contributed by atoms with Crippen LogP contribution in [0, 0.1) is 10.8 Å². The normalized spacial score (nSPS) is 9.38. The van der Waals surface area contributed by atoms with E-state index in [-0.39, 0.29) is 0 Å². The summed E-state index contributed by atoms with van der Waals surface area (Å²) >= 11 is 0. The van der Waals surface area contributed by atoms with Crippen LogP contribution in [0.15, 0.2) is 5.34 Å². The van der Waals surface area contributed by atoms with Crippen LogP contribution in [0.5, 0.6) is 0 Å². The summed E-state index contributed by atoms with van der Waals surface area (Å²) in [7, 11) is 0. The fourth-order valence-electron chi connectivity index (χ4n) is 0.230. The van der Waals surface area contributed by atoms with Crippen molar-refractivity contribution in [3.05, 3.63) is 4.91 Å². The summed E-state index contributed by atoms with van der Waals surface area (Å²) in [5.41, 5.74) is 2.36. The molecule has 0 bridgehead atoms. The van der Waals surface area contributed by atoms with Crippen LogP contribution >= 0.6 is 0 Å². The van der Waals surface area contributed by atoms with Gasteiger partial charge in [-0.25, -0.2) is 0 Å². The predicted molar refractivity (Wildman–Crippen MR) is 29.7 cm³/mol. The molecule has 0 aromatic rings. The molecule has 0 unspecified atom stereocenters. The summed E-state index contributed by atoms with van der Waals surface area (Å²) in [6, 6.07) is 0. The fourth-order valence-corrected chi connectivity index (χ4v) is 0.230. The lowest BCUT2D eigenvalue weighted by molar-refractivity contribution is 0.0365. The number of hydrogen-bond donors (Lipinski definition) is 1. The molecule has 0 aliphatic carbocycles. The van der Waals surface area contributed by atoms with Gasteiger partial charge in [0.1, 0.15) is 0 Å². The van der Waals surface area contributed by atoms with Crippen molar-refractivity contribution in [3.8, 4) is 0 Å². The minimum Gasteiger partial charge on any atom is -0.263 e. The molecule has 0 amide bonds. The highest BCUT2D eigenvalue weighted by Crippen LogP contribution is 1.85. The third kappa shape index (κ3) is 5.36. The first-order valence-electron chi connectivity index (χ1n) is 2.49. The average molecular weight is 118 g/mol. The zero-order valence-corrected chi connectivity index (χ0v) is 5.05. The zero-order chi connectivity index (χ0) is 6.41. The van der Waals surface area contributed by atoms with Gasteiger partial charge >= 0.3 is 0 Å². The van der Waals surface area contributed by atoms with E-state index in [1.807, 2.05) is 13.8 Å². The van der Waals surface area contributed by atoms with Crippen molar-refractivity contribution >= 4 is 0 Å². The van der Waals surface area contributed by atoms with E-state index in [2.05, 4.69) is 15.8 Å². The van der Waals surface area contributed by atoms with Gasteiger partial charge in [0.05, 0.1) is 0 Å². The molecule has 0 fully saturated rings. The average Bonchev–Trinajstić information content (AvgIpc) is 1.66. The topological polar surface area (TPSA) is 50.7 Å². The SMILES string of the molecule is CC(C)CNON=O. The molecule has 0 radical (unpaired) electrons. The summed E-state index contributed by atoms with van der Waals surface area (Å²) in [5.74, 6) is 0.469. The van der Waals surface area contributed by atoms with Crippen LogP contribution in [0.2, 0.25) is 0 Å². The van der Waals surface area contributed by atoms with Gasteiger partial charge in [-0.2, -0.15) is 0 Å². The first kappa shape index (κ1) is 7.36. The third-order valence-corrected chi connectivity index (χ3v) is 0.593. The largest absolute Gasteiger partial charge is 0.263 e. The predicted octanol–water partition coefficient (Wildman–Crippen LogP) is 0.845. The summed E-state index contributed by atoms with van der Waals surface area (Å²) < 4.78 is 0. The molecule has 0 rings (SSSR count). The molecule has 0 aliphatic heterocycles. The van der Waals surface area contributed by atoms with E-state index in [9.17, 15) is 4.91 Å². The number of hydrogen-bond acceptors (Lipinski definition) is 4. The highest BCUT2D eigenvalue weighted by Gasteiger charge is 1.90. The van der Waals surface area contributed by atoms with Crippen molar-refractivity contribution in [2.75, 3.05) is 6.54 Å². The molecule has 0 saturated carbocycles. The Labute approximate surface area is 48.1 Å². The van der Waals surface area contributed by atoms with E-state index in [1.165, 1.54) is 0 Å². The standard InChI is InChI=1S/C4H10N2O2/c1-4(2)3-5-8-6-7/h4-5H,3H2,1-2H3. The highest BCUT2D eigenvalue weighted by molar-refractivity contribution is 4.40. The van der Waals surface area contributed by atoms with Crippen LogP contribution in [0.1, 0.15) is 13.8 Å². The number of rotatable bonds is 4. The fraction of sp³-hybridized carbons (Fsp3) is 1.00. The Morgan fingerprint density at radius 2 is 2.38 bits per heavy atom. The van der Waals surface area contributed by atoms with Gasteiger partial charge in [0.25, 0.3) is 0 Å². The van der Waals surface area contributed by atoms with Crippen molar-refractivity contribution in [2.45, 2.75) is 13.8 Å². The number of nitrogens with one attached hydrogen (secondary N) is 1. The zero-order valence-electron chi connectivity index (χ0n) is 5.05. The van der Waals surface area contributed by atoms with Gasteiger partial charge < -0.3 is 0 Å². The maximum Gasteiger partial charge on any atom is 0.176 e. The molecule has 8 heavy (non-hydrogen) atoms. The first-order chi connectivity index (χ1) is 3.77. The van der Waals surface area contributed by atoms with Crippen molar-refractivity contribution in [1.82, 2.24) is 5.48 Å². The molecule has 0 saturated heterocycles. The molecular formula is C4H10N2O2. The molecule has 0 spiro atoms. The van der Waals surface area contributed by atoms with E-state index >= 15 is 0 Å². The molecule has 0 aromatic heterocycles. The smallest absolute Gasteiger partial charge is 0.176 e. The van der Waals surface area contributed by atoms with E-state index in [0.717, 1.165) is 0 Å². The summed E-state index contributed by atoms with van der Waals surface area (Å²) in [6.45, 7) is 4.65. The lowest BCUT2D eigenvalue weighted by Crippen LogP contribution is -2.16. The lowest BCUT2D eigenvalue weighted by atomic mass is 10.2. The molecule has 1 N–H and O–H groups in total. The van der Waals surface area contributed by atoms with E-state index in [4.69, 9.17) is 0 Å². The Kier molecular flexibility index (Phi) is 4.16. The molecule has 0 heterocycles. The third-order valence-electron chi connectivity index (χ3n) is 0.593. The van der Waals surface area contributed by atoms with Crippen LogP contribution in [0.4, 0.5) is 0 Å². The van der Waals surface area contributed by atoms with Gasteiger partial charge in [0.15, 0.2) is 5.34 Å². The maximum atomic E-state index is 9.25. The van der Waals surface area contributed by atoms with Gasteiger partial charge in [0.2, 0.25) is 0 Å². The summed E-state index contributed by atoms with van der Waals surface area (Å²) in [5, 5.41) is 2.15. The molecular weight excluding hydrogens is 108 g/mol. The number of nitrogens with zero attached hydrogens (tertiary/aromatic N) is 1. The molecule has 4 nitrogen and oxygen atoms in total.